The molecule has 2 rings (SSSR count). The van der Waals surface area contributed by atoms with Gasteiger partial charge < -0.3 is 4.74 Å². The maximum Gasteiger partial charge on any atom is 0.241 e. The van der Waals surface area contributed by atoms with Crippen LogP contribution in [0.5, 0.6) is 5.75 Å². The Morgan fingerprint density at radius 3 is 2.21 bits per heavy atom. The molecule has 1 unspecified atom stereocenters. The van der Waals surface area contributed by atoms with E-state index in [9.17, 15) is 8.42 Å². The lowest BCUT2D eigenvalue weighted by Gasteiger charge is -2.19. The molecule has 1 atom stereocenters. The summed E-state index contributed by atoms with van der Waals surface area (Å²) >= 11 is 0. The Labute approximate surface area is 144 Å². The minimum absolute atomic E-state index is 0.248. The van der Waals surface area contributed by atoms with Crippen LogP contribution < -0.4 is 9.46 Å². The summed E-state index contributed by atoms with van der Waals surface area (Å²) in [4.78, 5) is 0.295. The predicted molar refractivity (Wildman–Crippen MR) is 96.8 cm³/mol. The van der Waals surface area contributed by atoms with Gasteiger partial charge in [-0.2, -0.15) is 0 Å². The van der Waals surface area contributed by atoms with E-state index in [4.69, 9.17) is 4.74 Å². The molecule has 0 aliphatic carbocycles. The first-order valence-electron chi connectivity index (χ1n) is 8.19. The van der Waals surface area contributed by atoms with Gasteiger partial charge in [-0.1, -0.05) is 49.6 Å². The van der Waals surface area contributed by atoms with Gasteiger partial charge in [-0.25, -0.2) is 13.1 Å². The Balaban J connectivity index is 2.25. The first-order valence-corrected chi connectivity index (χ1v) is 9.67. The SMILES string of the molecule is CCCCC(NS(=O)(=O)c1ccc(C)cc1)c1ccc(OC)cc1. The first kappa shape index (κ1) is 18.5. The van der Waals surface area contributed by atoms with Crippen LogP contribution in [0, 0.1) is 6.92 Å². The molecule has 5 heteroatoms. The summed E-state index contributed by atoms with van der Waals surface area (Å²) < 4.78 is 33.4. The number of nitrogens with one attached hydrogen (secondary N) is 1. The number of hydrogen-bond acceptors (Lipinski definition) is 3. The standard InChI is InChI=1S/C19H25NO3S/c1-4-5-6-19(16-9-11-17(23-3)12-10-16)20-24(21,22)18-13-7-15(2)8-14-18/h7-14,19-20H,4-6H2,1-3H3. The average molecular weight is 347 g/mol. The third-order valence-corrected chi connectivity index (χ3v) is 5.48. The molecular formula is C19H25NO3S. The third-order valence-electron chi connectivity index (χ3n) is 3.99. The number of benzene rings is 2. The van der Waals surface area contributed by atoms with Gasteiger partial charge in [0.05, 0.1) is 12.0 Å². The van der Waals surface area contributed by atoms with Crippen molar-refractivity contribution in [2.75, 3.05) is 7.11 Å². The lowest BCUT2D eigenvalue weighted by atomic mass is 10.0. The van der Waals surface area contributed by atoms with Gasteiger partial charge in [0.2, 0.25) is 10.0 Å². The minimum Gasteiger partial charge on any atom is -0.497 e. The zero-order valence-corrected chi connectivity index (χ0v) is 15.3. The van der Waals surface area contributed by atoms with Gasteiger partial charge >= 0.3 is 0 Å². The molecule has 0 aliphatic rings. The molecule has 0 spiro atoms. The molecule has 0 saturated heterocycles. The summed E-state index contributed by atoms with van der Waals surface area (Å²) in [5.41, 5.74) is 1.98. The van der Waals surface area contributed by atoms with Crippen LogP contribution in [0.1, 0.15) is 43.4 Å². The van der Waals surface area contributed by atoms with Crippen molar-refractivity contribution in [1.29, 1.82) is 0 Å². The summed E-state index contributed by atoms with van der Waals surface area (Å²) in [6.07, 6.45) is 2.72. The molecular weight excluding hydrogens is 322 g/mol. The molecule has 0 fully saturated rings. The molecule has 0 heterocycles. The number of aryl methyl sites for hydroxylation is 1. The van der Waals surface area contributed by atoms with Crippen LogP contribution in [0.3, 0.4) is 0 Å². The highest BCUT2D eigenvalue weighted by Gasteiger charge is 2.21. The highest BCUT2D eigenvalue weighted by Crippen LogP contribution is 2.24. The highest BCUT2D eigenvalue weighted by molar-refractivity contribution is 7.89. The largest absolute Gasteiger partial charge is 0.497 e. The van der Waals surface area contributed by atoms with Gasteiger partial charge in [-0.05, 0) is 43.2 Å². The zero-order chi connectivity index (χ0) is 17.6. The fourth-order valence-corrected chi connectivity index (χ4v) is 3.77. The van der Waals surface area contributed by atoms with Crippen molar-refractivity contribution in [3.05, 3.63) is 59.7 Å². The third kappa shape index (κ3) is 4.82. The molecule has 130 valence electrons. The lowest BCUT2D eigenvalue weighted by molar-refractivity contribution is 0.414. The van der Waals surface area contributed by atoms with E-state index < -0.39 is 10.0 Å². The Morgan fingerprint density at radius 2 is 1.67 bits per heavy atom. The van der Waals surface area contributed by atoms with Crippen LogP contribution in [0.4, 0.5) is 0 Å². The quantitative estimate of drug-likeness (QED) is 0.778. The molecule has 2 aromatic carbocycles. The molecule has 0 aliphatic heterocycles. The molecule has 1 N–H and O–H groups in total. The van der Waals surface area contributed by atoms with Crippen molar-refractivity contribution in [3.8, 4) is 5.75 Å². The van der Waals surface area contributed by atoms with Gasteiger partial charge in [0, 0.05) is 6.04 Å². The maximum absolute atomic E-state index is 12.7. The van der Waals surface area contributed by atoms with Crippen molar-refractivity contribution in [2.45, 2.75) is 44.0 Å². The Bertz CT molecular complexity index is 737. The van der Waals surface area contributed by atoms with E-state index in [-0.39, 0.29) is 6.04 Å². The van der Waals surface area contributed by atoms with Crippen LogP contribution >= 0.6 is 0 Å². The molecule has 2 aromatic rings. The molecule has 4 nitrogen and oxygen atoms in total. The second kappa shape index (κ2) is 8.31. The smallest absolute Gasteiger partial charge is 0.241 e. The monoisotopic (exact) mass is 347 g/mol. The molecule has 0 amide bonds. The van der Waals surface area contributed by atoms with E-state index in [2.05, 4.69) is 11.6 Å². The van der Waals surface area contributed by atoms with E-state index >= 15 is 0 Å². The van der Waals surface area contributed by atoms with Crippen LogP contribution in [0.25, 0.3) is 0 Å². The van der Waals surface area contributed by atoms with Gasteiger partial charge in [0.1, 0.15) is 5.75 Å². The van der Waals surface area contributed by atoms with Gasteiger partial charge in [0.15, 0.2) is 0 Å². The van der Waals surface area contributed by atoms with E-state index in [0.717, 1.165) is 36.1 Å². The average Bonchev–Trinajstić information content (AvgIpc) is 2.59. The molecule has 0 radical (unpaired) electrons. The molecule has 0 bridgehead atoms. The zero-order valence-electron chi connectivity index (χ0n) is 14.5. The van der Waals surface area contributed by atoms with Gasteiger partial charge in [0.25, 0.3) is 0 Å². The van der Waals surface area contributed by atoms with Crippen molar-refractivity contribution in [1.82, 2.24) is 4.72 Å². The fourth-order valence-electron chi connectivity index (χ4n) is 2.51. The van der Waals surface area contributed by atoms with E-state index in [0.29, 0.717) is 4.90 Å². The number of methoxy groups -OCH3 is 1. The molecule has 0 saturated carbocycles. The summed E-state index contributed by atoms with van der Waals surface area (Å²) in [6, 6.07) is 14.2. The summed E-state index contributed by atoms with van der Waals surface area (Å²) in [5.74, 6) is 0.759. The van der Waals surface area contributed by atoms with Crippen LogP contribution in [0.2, 0.25) is 0 Å². The van der Waals surface area contributed by atoms with Crippen molar-refractivity contribution in [3.63, 3.8) is 0 Å². The highest BCUT2D eigenvalue weighted by atomic mass is 32.2. The molecule has 0 aromatic heterocycles. The minimum atomic E-state index is -3.55. The Hall–Kier alpha value is -1.85. The Morgan fingerprint density at radius 1 is 1.04 bits per heavy atom. The second-order valence-electron chi connectivity index (χ2n) is 5.90. The summed E-state index contributed by atoms with van der Waals surface area (Å²) in [5, 5.41) is 0. The van der Waals surface area contributed by atoms with Crippen LogP contribution in [-0.2, 0) is 10.0 Å². The number of unbranched alkanes of at least 4 members (excludes halogenated alkanes) is 1. The van der Waals surface area contributed by atoms with Crippen molar-refractivity contribution >= 4 is 10.0 Å². The van der Waals surface area contributed by atoms with Gasteiger partial charge in [-0.15, -0.1) is 0 Å². The second-order valence-corrected chi connectivity index (χ2v) is 7.62. The number of rotatable bonds is 8. The predicted octanol–water partition coefficient (Wildman–Crippen LogP) is 4.21. The molecule has 24 heavy (non-hydrogen) atoms. The maximum atomic E-state index is 12.7. The van der Waals surface area contributed by atoms with E-state index in [1.807, 2.05) is 43.3 Å². The van der Waals surface area contributed by atoms with E-state index in [1.165, 1.54) is 0 Å². The number of hydrogen-bond donors (Lipinski definition) is 1. The Kier molecular flexibility index (Phi) is 6.40. The van der Waals surface area contributed by atoms with E-state index in [1.54, 1.807) is 19.2 Å². The van der Waals surface area contributed by atoms with Crippen LogP contribution in [0.15, 0.2) is 53.4 Å². The topological polar surface area (TPSA) is 55.4 Å². The first-order chi connectivity index (χ1) is 11.5. The number of ether oxygens (including phenoxy) is 1. The summed E-state index contributed by atoms with van der Waals surface area (Å²) in [7, 11) is -1.94. The van der Waals surface area contributed by atoms with Crippen LogP contribution in [-0.4, -0.2) is 15.5 Å². The normalized spacial score (nSPS) is 12.8. The van der Waals surface area contributed by atoms with Crippen molar-refractivity contribution < 1.29 is 13.2 Å². The fraction of sp³-hybridized carbons (Fsp3) is 0.368. The number of sulfonamides is 1. The van der Waals surface area contributed by atoms with Gasteiger partial charge in [-0.3, -0.25) is 0 Å². The van der Waals surface area contributed by atoms with Crippen molar-refractivity contribution in [2.24, 2.45) is 0 Å². The summed E-state index contributed by atoms with van der Waals surface area (Å²) in [6.45, 7) is 4.03. The lowest BCUT2D eigenvalue weighted by Crippen LogP contribution is -2.28.